The van der Waals surface area contributed by atoms with Gasteiger partial charge in [-0.15, -0.1) is 0 Å². The summed E-state index contributed by atoms with van der Waals surface area (Å²) in [4.78, 5) is 12.7. The van der Waals surface area contributed by atoms with Crippen molar-refractivity contribution >= 4 is 5.97 Å². The van der Waals surface area contributed by atoms with Crippen molar-refractivity contribution in [3.63, 3.8) is 0 Å². The second-order valence-corrected chi connectivity index (χ2v) is 18.6. The largest absolute Gasteiger partial charge is 0.465 e. The number of rotatable bonds is 10. The van der Waals surface area contributed by atoms with Gasteiger partial charge < -0.3 is 53.6 Å². The van der Waals surface area contributed by atoms with Gasteiger partial charge in [0.2, 0.25) is 0 Å². The lowest BCUT2D eigenvalue weighted by atomic mass is 9.51. The van der Waals surface area contributed by atoms with Gasteiger partial charge in [0.1, 0.15) is 41.2 Å². The average Bonchev–Trinajstić information content (AvgIpc) is 3.84. The lowest BCUT2D eigenvalue weighted by Gasteiger charge is -2.62. The van der Waals surface area contributed by atoms with Crippen molar-refractivity contribution in [2.75, 3.05) is 13.2 Å². The van der Waals surface area contributed by atoms with E-state index in [0.29, 0.717) is 25.0 Å². The third-order valence-electron chi connectivity index (χ3n) is 15.3. The summed E-state index contributed by atoms with van der Waals surface area (Å²) in [6.07, 6.45) is -2.38. The molecule has 9 rings (SSSR count). The highest BCUT2D eigenvalue weighted by molar-refractivity contribution is 5.66. The number of fused-ring (bicyclic) bond motifs is 1. The summed E-state index contributed by atoms with van der Waals surface area (Å²) >= 11 is 0. The number of aliphatic hydroxyl groups is 4. The minimum absolute atomic E-state index is 0.0987. The highest BCUT2D eigenvalue weighted by Gasteiger charge is 2.91. The van der Waals surface area contributed by atoms with Crippen LogP contribution in [-0.2, 0) is 51.2 Å². The van der Waals surface area contributed by atoms with Gasteiger partial charge in [-0.05, 0) is 67.1 Å². The van der Waals surface area contributed by atoms with Gasteiger partial charge in [0.15, 0.2) is 0 Å². The van der Waals surface area contributed by atoms with Crippen LogP contribution in [0.5, 0.6) is 0 Å². The van der Waals surface area contributed by atoms with Crippen LogP contribution in [0.1, 0.15) is 77.3 Å². The first-order valence-corrected chi connectivity index (χ1v) is 21.3. The van der Waals surface area contributed by atoms with Crippen LogP contribution in [0.2, 0.25) is 0 Å². The van der Waals surface area contributed by atoms with Crippen LogP contribution < -0.4 is 0 Å². The Morgan fingerprint density at radius 1 is 0.897 bits per heavy atom. The zero-order valence-corrected chi connectivity index (χ0v) is 34.0. The first kappa shape index (κ1) is 40.6. The van der Waals surface area contributed by atoms with Crippen molar-refractivity contribution < 1.29 is 58.4 Å². The van der Waals surface area contributed by atoms with Crippen LogP contribution in [0, 0.1) is 35.5 Å². The zero-order valence-electron chi connectivity index (χ0n) is 34.0. The van der Waals surface area contributed by atoms with Crippen LogP contribution in [0.15, 0.2) is 72.8 Å². The SMILES string of the molecule is C=C(C)[C@]12C[C@@H](COC(C)=O)[C@@]34OC5(O[C@@H]1[C@@H]3[C@@H]1O[C@]1(CO)[C@@H](O)[C@@]1(O)[C@H]4[C@H]([C@H](C)[C@@H]1OCc1ccccc1)[C@H](C)C[C@H](OCc1ccccc1)CCCC[C@H]5O)O2. The van der Waals surface area contributed by atoms with Gasteiger partial charge in [-0.25, -0.2) is 0 Å². The highest BCUT2D eigenvalue weighted by atomic mass is 16.9. The maximum absolute atomic E-state index is 14.0. The molecule has 58 heavy (non-hydrogen) atoms. The molecule has 0 amide bonds. The molecule has 2 aromatic rings. The molecule has 17 atom stereocenters. The summed E-state index contributed by atoms with van der Waals surface area (Å²) in [7, 11) is 0. The number of benzene rings is 2. The molecular formula is C46H60O12. The van der Waals surface area contributed by atoms with E-state index in [1.807, 2.05) is 67.6 Å². The number of carbonyl (C=O) groups excluding carboxylic acids is 1. The topological polar surface area (TPSA) is 166 Å². The van der Waals surface area contributed by atoms with Gasteiger partial charge in [-0.3, -0.25) is 4.79 Å². The number of carbonyl (C=O) groups is 1. The predicted molar refractivity (Wildman–Crippen MR) is 208 cm³/mol. The third-order valence-corrected chi connectivity index (χ3v) is 15.3. The van der Waals surface area contributed by atoms with Crippen LogP contribution >= 0.6 is 0 Å². The van der Waals surface area contributed by atoms with E-state index in [1.54, 1.807) is 0 Å². The van der Waals surface area contributed by atoms with Crippen LogP contribution in [-0.4, -0.2) is 105 Å². The highest BCUT2D eigenvalue weighted by Crippen LogP contribution is 2.75. The summed E-state index contributed by atoms with van der Waals surface area (Å²) in [5.41, 5.74) is -3.78. The number of esters is 1. The monoisotopic (exact) mass is 804 g/mol. The standard InChI is InChI=1S/C46H60O12/c1-26(2)42-21-32(24-52-29(5)48)45-36-39(42)56-46(57-42,58-45)34(49)19-13-12-18-33(53-22-30-14-8-6-9-15-30)20-27(3)35-28(4)38(54-23-31-16-10-7-11-17-31)44(51,37(35)45)41(50)43(25-47)40(36)55-43/h6-11,14-17,27-28,32-41,47,49-51H,1,12-13,18-25H2,2-5H3/t27-,28+,32+,33-,34-,35+,36-,37-,38+,39-,40+,41-,42-,43+,44-,45-,46?/m1/s1. The summed E-state index contributed by atoms with van der Waals surface area (Å²) < 4.78 is 47.5. The normalized spacial score (nSPS) is 47.5. The number of hydrogen-bond acceptors (Lipinski definition) is 12. The zero-order chi connectivity index (χ0) is 40.8. The molecule has 3 bridgehead atoms. The summed E-state index contributed by atoms with van der Waals surface area (Å²) in [5, 5.41) is 50.5. The van der Waals surface area contributed by atoms with Crippen LogP contribution in [0.4, 0.5) is 0 Å². The fourth-order valence-corrected chi connectivity index (χ4v) is 12.9. The van der Waals surface area contributed by atoms with E-state index >= 15 is 0 Å². The molecule has 7 fully saturated rings. The first-order valence-electron chi connectivity index (χ1n) is 21.3. The molecule has 3 aliphatic carbocycles. The maximum atomic E-state index is 14.0. The smallest absolute Gasteiger partial charge is 0.312 e. The Kier molecular flexibility index (Phi) is 10.3. The molecule has 2 aromatic carbocycles. The van der Waals surface area contributed by atoms with Crippen molar-refractivity contribution in [3.8, 4) is 0 Å². The van der Waals surface area contributed by atoms with Gasteiger partial charge in [0.25, 0.3) is 0 Å². The number of hydrogen-bond donors (Lipinski definition) is 4. The minimum atomic E-state index is -2.08. The van der Waals surface area contributed by atoms with E-state index < -0.39 is 89.2 Å². The van der Waals surface area contributed by atoms with Gasteiger partial charge in [-0.2, -0.15) is 0 Å². The van der Waals surface area contributed by atoms with E-state index in [9.17, 15) is 25.2 Å². The molecule has 0 aromatic heterocycles. The number of epoxide rings is 1. The quantitative estimate of drug-likeness (QED) is 0.150. The Labute approximate surface area is 340 Å². The summed E-state index contributed by atoms with van der Waals surface area (Å²) in [6.45, 7) is 11.8. The minimum Gasteiger partial charge on any atom is -0.465 e. The number of aliphatic hydroxyl groups excluding tert-OH is 3. The molecule has 4 heterocycles. The number of ether oxygens (including phenoxy) is 7. The first-order chi connectivity index (χ1) is 27.8. The summed E-state index contributed by atoms with van der Waals surface area (Å²) in [6, 6.07) is 19.8. The lowest BCUT2D eigenvalue weighted by molar-refractivity contribution is -0.459. The van der Waals surface area contributed by atoms with Crippen molar-refractivity contribution in [2.45, 2.75) is 144 Å². The molecular weight excluding hydrogens is 744 g/mol. The molecule has 2 spiro atoms. The van der Waals surface area contributed by atoms with Crippen molar-refractivity contribution in [1.29, 1.82) is 0 Å². The fraction of sp³-hybridized carbons (Fsp3) is 0.674. The van der Waals surface area contributed by atoms with Gasteiger partial charge in [0, 0.05) is 24.7 Å². The molecule has 12 heteroatoms. The fourth-order valence-electron chi connectivity index (χ4n) is 12.9. The molecule has 0 radical (unpaired) electrons. The Balaban J connectivity index is 1.24. The summed E-state index contributed by atoms with van der Waals surface area (Å²) in [5.74, 6) is -5.68. The third kappa shape index (κ3) is 5.88. The van der Waals surface area contributed by atoms with Crippen molar-refractivity contribution in [2.24, 2.45) is 35.5 Å². The Morgan fingerprint density at radius 3 is 2.19 bits per heavy atom. The molecule has 12 nitrogen and oxygen atoms in total. The molecule has 3 saturated carbocycles. The Hall–Kier alpha value is -2.75. The molecule has 4 aliphatic heterocycles. The lowest BCUT2D eigenvalue weighted by Crippen LogP contribution is -2.75. The molecule has 4 N–H and O–H groups in total. The molecule has 4 saturated heterocycles. The maximum Gasteiger partial charge on any atom is 0.312 e. The van der Waals surface area contributed by atoms with Gasteiger partial charge >= 0.3 is 11.9 Å². The van der Waals surface area contributed by atoms with E-state index in [0.717, 1.165) is 24.0 Å². The van der Waals surface area contributed by atoms with Crippen molar-refractivity contribution in [1.82, 2.24) is 0 Å². The molecule has 316 valence electrons. The van der Waals surface area contributed by atoms with Gasteiger partial charge in [-0.1, -0.05) is 93.9 Å². The predicted octanol–water partition coefficient (Wildman–Crippen LogP) is 4.59. The van der Waals surface area contributed by atoms with E-state index in [2.05, 4.69) is 20.4 Å². The Bertz CT molecular complexity index is 1850. The van der Waals surface area contributed by atoms with Crippen molar-refractivity contribution in [3.05, 3.63) is 83.9 Å². The molecule has 1 unspecified atom stereocenters. The van der Waals surface area contributed by atoms with E-state index in [4.69, 9.17) is 33.2 Å². The second-order valence-electron chi connectivity index (χ2n) is 18.6. The van der Waals surface area contributed by atoms with E-state index in [-0.39, 0.29) is 49.9 Å². The average molecular weight is 805 g/mol. The van der Waals surface area contributed by atoms with Gasteiger partial charge in [0.05, 0.1) is 44.2 Å². The molecule has 7 aliphatic rings. The second kappa shape index (κ2) is 14.7. The van der Waals surface area contributed by atoms with E-state index in [1.165, 1.54) is 6.92 Å². The van der Waals surface area contributed by atoms with Crippen LogP contribution in [0.25, 0.3) is 0 Å². The van der Waals surface area contributed by atoms with Crippen LogP contribution in [0.3, 0.4) is 0 Å². The Morgan fingerprint density at radius 2 is 1.55 bits per heavy atom.